The molecule has 9 heteroatoms. The summed E-state index contributed by atoms with van der Waals surface area (Å²) < 4.78 is 47.0. The molecule has 1 N–H and O–H groups in total. The van der Waals surface area contributed by atoms with Crippen molar-refractivity contribution in [2.45, 2.75) is 18.4 Å². The van der Waals surface area contributed by atoms with Gasteiger partial charge in [-0.15, -0.1) is 0 Å². The van der Waals surface area contributed by atoms with Crippen molar-refractivity contribution >= 4 is 37.5 Å². The third kappa shape index (κ3) is 3.50. The Morgan fingerprint density at radius 2 is 1.61 bits per heavy atom. The molecule has 0 fully saturated rings. The first-order chi connectivity index (χ1) is 14.9. The van der Waals surface area contributed by atoms with E-state index in [1.54, 1.807) is 36.7 Å². The minimum absolute atomic E-state index is 0.146. The Kier molecular flexibility index (Phi) is 5.36. The van der Waals surface area contributed by atoms with E-state index >= 15 is 0 Å². The van der Waals surface area contributed by atoms with Crippen LogP contribution in [0, 0.1) is 0 Å². The molecule has 4 rings (SSSR count). The molecule has 2 aromatic heterocycles. The monoisotopic (exact) mass is 441 g/mol. The number of hydrogen-bond acceptors (Lipinski definition) is 6. The van der Waals surface area contributed by atoms with Crippen LogP contribution in [-0.2, 0) is 16.6 Å². The topological polar surface area (TPSA) is 91.7 Å². The standard InChI is InChI=1S/C22H23N3O5S/c1-5-25-18-7-6-15(12-16(18)17-13-23-9-8-19(17)25)31(26,27)24-14-10-20(28-2)22(30-4)21(11-14)29-3/h6-13,24H,5H2,1-4H3. The van der Waals surface area contributed by atoms with Crippen LogP contribution in [0.15, 0.2) is 53.7 Å². The molecular formula is C22H23N3O5S. The number of methoxy groups -OCH3 is 3. The molecule has 0 aliphatic heterocycles. The van der Waals surface area contributed by atoms with Crippen LogP contribution in [-0.4, -0.2) is 39.3 Å². The van der Waals surface area contributed by atoms with E-state index < -0.39 is 10.0 Å². The molecule has 0 atom stereocenters. The molecule has 2 aromatic carbocycles. The molecule has 0 amide bonds. The molecule has 2 heterocycles. The Labute approximate surface area is 180 Å². The zero-order chi connectivity index (χ0) is 22.2. The van der Waals surface area contributed by atoms with Crippen molar-refractivity contribution in [2.24, 2.45) is 0 Å². The number of aryl methyl sites for hydroxylation is 1. The van der Waals surface area contributed by atoms with Crippen LogP contribution in [0.3, 0.4) is 0 Å². The summed E-state index contributed by atoms with van der Waals surface area (Å²) in [4.78, 5) is 4.35. The Hall–Kier alpha value is -3.46. The molecule has 0 radical (unpaired) electrons. The van der Waals surface area contributed by atoms with Crippen molar-refractivity contribution < 1.29 is 22.6 Å². The summed E-state index contributed by atoms with van der Waals surface area (Å²) in [7, 11) is 0.562. The van der Waals surface area contributed by atoms with Gasteiger partial charge in [-0.2, -0.15) is 0 Å². The zero-order valence-electron chi connectivity index (χ0n) is 17.7. The second kappa shape index (κ2) is 7.99. The molecule has 4 aromatic rings. The smallest absolute Gasteiger partial charge is 0.261 e. The van der Waals surface area contributed by atoms with E-state index in [0.717, 1.165) is 28.4 Å². The summed E-state index contributed by atoms with van der Waals surface area (Å²) in [5, 5.41) is 1.74. The van der Waals surface area contributed by atoms with Gasteiger partial charge in [0.1, 0.15) is 0 Å². The number of benzene rings is 2. The molecule has 0 saturated heterocycles. The van der Waals surface area contributed by atoms with Crippen molar-refractivity contribution in [3.8, 4) is 17.2 Å². The molecule has 162 valence electrons. The van der Waals surface area contributed by atoms with Crippen LogP contribution in [0.5, 0.6) is 17.2 Å². The van der Waals surface area contributed by atoms with Gasteiger partial charge < -0.3 is 18.8 Å². The predicted molar refractivity (Wildman–Crippen MR) is 120 cm³/mol. The quantitative estimate of drug-likeness (QED) is 0.465. The van der Waals surface area contributed by atoms with Crippen molar-refractivity contribution in [1.82, 2.24) is 9.55 Å². The number of anilines is 1. The highest BCUT2D eigenvalue weighted by atomic mass is 32.2. The second-order valence-electron chi connectivity index (χ2n) is 6.84. The normalized spacial score (nSPS) is 11.6. The molecule has 8 nitrogen and oxygen atoms in total. The van der Waals surface area contributed by atoms with Gasteiger partial charge in [-0.05, 0) is 31.2 Å². The van der Waals surface area contributed by atoms with E-state index in [0.29, 0.717) is 22.9 Å². The molecule has 31 heavy (non-hydrogen) atoms. The average molecular weight is 442 g/mol. The van der Waals surface area contributed by atoms with E-state index in [4.69, 9.17) is 14.2 Å². The number of sulfonamides is 1. The summed E-state index contributed by atoms with van der Waals surface area (Å²) in [5.41, 5.74) is 2.27. The van der Waals surface area contributed by atoms with Gasteiger partial charge in [0.15, 0.2) is 11.5 Å². The van der Waals surface area contributed by atoms with Crippen molar-refractivity contribution in [3.63, 3.8) is 0 Å². The highest BCUT2D eigenvalue weighted by molar-refractivity contribution is 7.92. The van der Waals surface area contributed by atoms with Gasteiger partial charge >= 0.3 is 0 Å². The molecular weight excluding hydrogens is 418 g/mol. The molecule has 0 bridgehead atoms. The lowest BCUT2D eigenvalue weighted by Gasteiger charge is -2.15. The highest BCUT2D eigenvalue weighted by Crippen LogP contribution is 2.40. The fraction of sp³-hybridized carbons (Fsp3) is 0.227. The number of aromatic nitrogens is 2. The van der Waals surface area contributed by atoms with Gasteiger partial charge in [-0.3, -0.25) is 9.71 Å². The van der Waals surface area contributed by atoms with Crippen molar-refractivity contribution in [1.29, 1.82) is 0 Å². The second-order valence-corrected chi connectivity index (χ2v) is 8.52. The fourth-order valence-corrected chi connectivity index (χ4v) is 4.85. The van der Waals surface area contributed by atoms with Gasteiger partial charge in [0, 0.05) is 47.4 Å². The van der Waals surface area contributed by atoms with Crippen molar-refractivity contribution in [3.05, 3.63) is 48.8 Å². The van der Waals surface area contributed by atoms with Crippen LogP contribution in [0.1, 0.15) is 6.92 Å². The number of ether oxygens (including phenoxy) is 3. The molecule has 0 spiro atoms. The predicted octanol–water partition coefficient (Wildman–Crippen LogP) is 4.04. The van der Waals surface area contributed by atoms with Gasteiger partial charge in [0.25, 0.3) is 10.0 Å². The van der Waals surface area contributed by atoms with Crippen LogP contribution in [0.2, 0.25) is 0 Å². The van der Waals surface area contributed by atoms with Gasteiger partial charge in [-0.25, -0.2) is 8.42 Å². The van der Waals surface area contributed by atoms with Crippen LogP contribution >= 0.6 is 0 Å². The van der Waals surface area contributed by atoms with E-state index in [-0.39, 0.29) is 4.90 Å². The summed E-state index contributed by atoms with van der Waals surface area (Å²) >= 11 is 0. The van der Waals surface area contributed by atoms with Crippen LogP contribution in [0.4, 0.5) is 5.69 Å². The first-order valence-electron chi connectivity index (χ1n) is 9.62. The summed E-state index contributed by atoms with van der Waals surface area (Å²) in [6, 6.07) is 10.1. The molecule has 0 aliphatic carbocycles. The fourth-order valence-electron chi connectivity index (χ4n) is 3.79. The Balaban J connectivity index is 1.80. The van der Waals surface area contributed by atoms with Gasteiger partial charge in [0.05, 0.1) is 37.4 Å². The summed E-state index contributed by atoms with van der Waals surface area (Å²) in [6.45, 7) is 2.82. The maximum absolute atomic E-state index is 13.2. The van der Waals surface area contributed by atoms with E-state index in [2.05, 4.69) is 21.2 Å². The van der Waals surface area contributed by atoms with E-state index in [9.17, 15) is 8.42 Å². The Morgan fingerprint density at radius 3 is 2.23 bits per heavy atom. The highest BCUT2D eigenvalue weighted by Gasteiger charge is 2.20. The number of hydrogen-bond donors (Lipinski definition) is 1. The first-order valence-corrected chi connectivity index (χ1v) is 11.1. The molecule has 0 saturated carbocycles. The summed E-state index contributed by atoms with van der Waals surface area (Å²) in [5.74, 6) is 1.09. The minimum atomic E-state index is -3.87. The maximum atomic E-state index is 13.2. The number of fused-ring (bicyclic) bond motifs is 3. The molecule has 0 unspecified atom stereocenters. The van der Waals surface area contributed by atoms with Crippen molar-refractivity contribution in [2.75, 3.05) is 26.1 Å². The van der Waals surface area contributed by atoms with E-state index in [1.807, 2.05) is 12.1 Å². The number of nitrogens with zero attached hydrogens (tertiary/aromatic N) is 2. The van der Waals surface area contributed by atoms with Gasteiger partial charge in [-0.1, -0.05) is 0 Å². The first kappa shape index (κ1) is 20.8. The third-order valence-electron chi connectivity index (χ3n) is 5.18. The average Bonchev–Trinajstić information content (AvgIpc) is 3.11. The lowest BCUT2D eigenvalue weighted by molar-refractivity contribution is 0.325. The lowest BCUT2D eigenvalue weighted by atomic mass is 10.2. The third-order valence-corrected chi connectivity index (χ3v) is 6.56. The Bertz CT molecular complexity index is 1350. The Morgan fingerprint density at radius 1 is 0.935 bits per heavy atom. The van der Waals surface area contributed by atoms with Gasteiger partial charge in [0.2, 0.25) is 5.75 Å². The van der Waals surface area contributed by atoms with Crippen LogP contribution in [0.25, 0.3) is 21.8 Å². The minimum Gasteiger partial charge on any atom is -0.493 e. The zero-order valence-corrected chi connectivity index (χ0v) is 18.5. The van der Waals surface area contributed by atoms with Crippen LogP contribution < -0.4 is 18.9 Å². The maximum Gasteiger partial charge on any atom is 0.261 e. The summed E-state index contributed by atoms with van der Waals surface area (Å²) in [6.07, 6.45) is 3.49. The number of rotatable bonds is 7. The SMILES string of the molecule is CCn1c2ccncc2c2cc(S(=O)(=O)Nc3cc(OC)c(OC)c(OC)c3)ccc21. The largest absolute Gasteiger partial charge is 0.493 e. The molecule has 0 aliphatic rings. The van der Waals surface area contributed by atoms with E-state index in [1.165, 1.54) is 21.3 Å². The number of pyridine rings is 1. The lowest BCUT2D eigenvalue weighted by Crippen LogP contribution is -2.13. The number of nitrogens with one attached hydrogen (secondary N) is 1.